The van der Waals surface area contributed by atoms with Gasteiger partial charge in [0.05, 0.1) is 5.60 Å². The minimum atomic E-state index is -0.105. The van der Waals surface area contributed by atoms with Gasteiger partial charge in [-0.25, -0.2) is 4.98 Å². The summed E-state index contributed by atoms with van der Waals surface area (Å²) in [6.45, 7) is 7.80. The molecular formula is C10H18N2OS. The molecule has 1 rings (SSSR count). The Morgan fingerprint density at radius 1 is 1.57 bits per heavy atom. The van der Waals surface area contributed by atoms with Crippen LogP contribution in [0.25, 0.3) is 0 Å². The Balaban J connectivity index is 2.28. The molecule has 1 heterocycles. The molecule has 0 fully saturated rings. The number of hydrogen-bond acceptors (Lipinski definition) is 4. The number of hydrogen-bond donors (Lipinski definition) is 1. The molecule has 0 aliphatic rings. The number of aromatic nitrogens is 1. The Morgan fingerprint density at radius 2 is 2.29 bits per heavy atom. The number of aryl methyl sites for hydroxylation is 1. The van der Waals surface area contributed by atoms with Crippen molar-refractivity contribution >= 4 is 11.3 Å². The van der Waals surface area contributed by atoms with Gasteiger partial charge >= 0.3 is 0 Å². The van der Waals surface area contributed by atoms with Crippen molar-refractivity contribution in [3.8, 4) is 0 Å². The minimum absolute atomic E-state index is 0.105. The Bertz CT molecular complexity index is 283. The van der Waals surface area contributed by atoms with E-state index in [0.717, 1.165) is 23.8 Å². The molecular weight excluding hydrogens is 196 g/mol. The highest BCUT2D eigenvalue weighted by atomic mass is 32.1. The fraction of sp³-hybridized carbons (Fsp3) is 0.700. The first-order chi connectivity index (χ1) is 6.53. The summed E-state index contributed by atoms with van der Waals surface area (Å²) in [6.07, 6.45) is 0. The van der Waals surface area contributed by atoms with E-state index in [1.807, 2.05) is 6.92 Å². The van der Waals surface area contributed by atoms with Gasteiger partial charge in [-0.05, 0) is 20.8 Å². The second-order valence-electron chi connectivity index (χ2n) is 3.95. The van der Waals surface area contributed by atoms with Crippen LogP contribution in [0.4, 0.5) is 0 Å². The molecule has 0 spiro atoms. The Kier molecular flexibility index (Phi) is 4.04. The van der Waals surface area contributed by atoms with Crippen LogP contribution < -0.4 is 5.32 Å². The summed E-state index contributed by atoms with van der Waals surface area (Å²) in [5, 5.41) is 6.53. The lowest BCUT2D eigenvalue weighted by molar-refractivity contribution is 0.0230. The lowest BCUT2D eigenvalue weighted by Gasteiger charge is -2.22. The second-order valence-corrected chi connectivity index (χ2v) is 4.89. The van der Waals surface area contributed by atoms with Crippen molar-refractivity contribution in [3.05, 3.63) is 16.1 Å². The predicted octanol–water partition coefficient (Wildman–Crippen LogP) is 1.97. The Labute approximate surface area is 89.5 Å². The molecule has 0 atom stereocenters. The third-order valence-corrected chi connectivity index (χ3v) is 3.01. The molecule has 0 bridgehead atoms. The first-order valence-electron chi connectivity index (χ1n) is 4.70. The summed E-state index contributed by atoms with van der Waals surface area (Å²) in [5.74, 6) is 0. The highest BCUT2D eigenvalue weighted by molar-refractivity contribution is 7.09. The van der Waals surface area contributed by atoms with Gasteiger partial charge in [-0.15, -0.1) is 11.3 Å². The highest BCUT2D eigenvalue weighted by Gasteiger charge is 2.15. The fourth-order valence-electron chi connectivity index (χ4n) is 1.03. The molecule has 0 unspecified atom stereocenters. The van der Waals surface area contributed by atoms with E-state index in [2.05, 4.69) is 29.5 Å². The van der Waals surface area contributed by atoms with Crippen LogP contribution in [-0.4, -0.2) is 24.2 Å². The van der Waals surface area contributed by atoms with Gasteiger partial charge in [0.25, 0.3) is 0 Å². The van der Waals surface area contributed by atoms with E-state index in [9.17, 15) is 0 Å². The molecule has 0 aliphatic carbocycles. The van der Waals surface area contributed by atoms with Crippen LogP contribution in [0.3, 0.4) is 0 Å². The van der Waals surface area contributed by atoms with Crippen molar-refractivity contribution in [1.29, 1.82) is 0 Å². The number of nitrogens with zero attached hydrogens (tertiary/aromatic N) is 1. The molecule has 0 saturated heterocycles. The first-order valence-corrected chi connectivity index (χ1v) is 5.58. The number of nitrogens with one attached hydrogen (secondary N) is 1. The summed E-state index contributed by atoms with van der Waals surface area (Å²) < 4.78 is 5.30. The van der Waals surface area contributed by atoms with Crippen LogP contribution in [0.1, 0.15) is 24.5 Å². The number of thiazole rings is 1. The molecule has 1 N–H and O–H groups in total. The van der Waals surface area contributed by atoms with Gasteiger partial charge in [0, 0.05) is 31.3 Å². The third-order valence-electron chi connectivity index (χ3n) is 2.05. The average molecular weight is 214 g/mol. The second kappa shape index (κ2) is 4.87. The van der Waals surface area contributed by atoms with Crippen molar-refractivity contribution in [2.24, 2.45) is 0 Å². The fourth-order valence-corrected chi connectivity index (χ4v) is 1.77. The average Bonchev–Trinajstić information content (AvgIpc) is 2.51. The van der Waals surface area contributed by atoms with Gasteiger partial charge in [-0.3, -0.25) is 0 Å². The van der Waals surface area contributed by atoms with Crippen LogP contribution >= 0.6 is 11.3 Å². The maximum absolute atomic E-state index is 5.30. The summed E-state index contributed by atoms with van der Waals surface area (Å²) in [5.41, 5.74) is 0.990. The predicted molar refractivity (Wildman–Crippen MR) is 59.6 cm³/mol. The number of rotatable bonds is 5. The van der Waals surface area contributed by atoms with E-state index in [0.29, 0.717) is 0 Å². The van der Waals surface area contributed by atoms with Crippen molar-refractivity contribution in [2.75, 3.05) is 13.7 Å². The standard InChI is InChI=1S/C10H18N2OS/c1-8-6-14-9(12-8)5-11-7-10(2,3)13-4/h6,11H,5,7H2,1-4H3. The summed E-state index contributed by atoms with van der Waals surface area (Å²) in [7, 11) is 1.73. The van der Waals surface area contributed by atoms with E-state index in [1.165, 1.54) is 0 Å². The first kappa shape index (κ1) is 11.6. The zero-order chi connectivity index (χ0) is 10.6. The summed E-state index contributed by atoms with van der Waals surface area (Å²) >= 11 is 1.69. The molecule has 0 saturated carbocycles. The van der Waals surface area contributed by atoms with Crippen LogP contribution in [0.2, 0.25) is 0 Å². The molecule has 1 aromatic heterocycles. The molecule has 0 aromatic carbocycles. The maximum atomic E-state index is 5.30. The smallest absolute Gasteiger partial charge is 0.107 e. The topological polar surface area (TPSA) is 34.1 Å². The van der Waals surface area contributed by atoms with Crippen molar-refractivity contribution in [3.63, 3.8) is 0 Å². The van der Waals surface area contributed by atoms with E-state index < -0.39 is 0 Å². The van der Waals surface area contributed by atoms with E-state index in [-0.39, 0.29) is 5.60 Å². The summed E-state index contributed by atoms with van der Waals surface area (Å²) in [6, 6.07) is 0. The Morgan fingerprint density at radius 3 is 2.79 bits per heavy atom. The highest BCUT2D eigenvalue weighted by Crippen LogP contribution is 2.09. The molecule has 0 amide bonds. The summed E-state index contributed by atoms with van der Waals surface area (Å²) in [4.78, 5) is 4.37. The van der Waals surface area contributed by atoms with Crippen molar-refractivity contribution < 1.29 is 4.74 Å². The van der Waals surface area contributed by atoms with E-state index in [4.69, 9.17) is 4.74 Å². The van der Waals surface area contributed by atoms with Gasteiger partial charge in [0.15, 0.2) is 0 Å². The maximum Gasteiger partial charge on any atom is 0.107 e. The lowest BCUT2D eigenvalue weighted by Crippen LogP contribution is -2.36. The lowest BCUT2D eigenvalue weighted by atomic mass is 10.1. The number of methoxy groups -OCH3 is 1. The SMILES string of the molecule is COC(C)(C)CNCc1nc(C)cs1. The van der Waals surface area contributed by atoms with Gasteiger partial charge < -0.3 is 10.1 Å². The van der Waals surface area contributed by atoms with Gasteiger partial charge in [0.2, 0.25) is 0 Å². The van der Waals surface area contributed by atoms with Crippen LogP contribution in [-0.2, 0) is 11.3 Å². The van der Waals surface area contributed by atoms with Crippen molar-refractivity contribution in [2.45, 2.75) is 32.9 Å². The molecule has 4 heteroatoms. The van der Waals surface area contributed by atoms with Crippen LogP contribution in [0.15, 0.2) is 5.38 Å². The van der Waals surface area contributed by atoms with Crippen molar-refractivity contribution in [1.82, 2.24) is 10.3 Å². The largest absolute Gasteiger partial charge is 0.377 e. The molecule has 3 nitrogen and oxygen atoms in total. The zero-order valence-electron chi connectivity index (χ0n) is 9.26. The molecule has 0 radical (unpaired) electrons. The molecule has 80 valence electrons. The normalized spacial score (nSPS) is 12.0. The van der Waals surface area contributed by atoms with Gasteiger partial charge in [-0.1, -0.05) is 0 Å². The third kappa shape index (κ3) is 3.74. The minimum Gasteiger partial charge on any atom is -0.377 e. The van der Waals surface area contributed by atoms with E-state index >= 15 is 0 Å². The monoisotopic (exact) mass is 214 g/mol. The molecule has 14 heavy (non-hydrogen) atoms. The molecule has 0 aliphatic heterocycles. The van der Waals surface area contributed by atoms with Gasteiger partial charge in [0.1, 0.15) is 5.01 Å². The van der Waals surface area contributed by atoms with Crippen LogP contribution in [0.5, 0.6) is 0 Å². The number of ether oxygens (including phenoxy) is 1. The Hall–Kier alpha value is -0.450. The van der Waals surface area contributed by atoms with Gasteiger partial charge in [-0.2, -0.15) is 0 Å². The zero-order valence-corrected chi connectivity index (χ0v) is 10.1. The molecule has 1 aromatic rings. The van der Waals surface area contributed by atoms with Crippen LogP contribution in [0, 0.1) is 6.92 Å². The van der Waals surface area contributed by atoms with E-state index in [1.54, 1.807) is 18.4 Å². The quantitative estimate of drug-likeness (QED) is 0.813.